The summed E-state index contributed by atoms with van der Waals surface area (Å²) in [6, 6.07) is 15.0. The number of anilines is 4. The fourth-order valence-corrected chi connectivity index (χ4v) is 3.40. The average molecular weight is 436 g/mol. The third kappa shape index (κ3) is 5.23. The van der Waals surface area contributed by atoms with Gasteiger partial charge in [0.1, 0.15) is 11.5 Å². The van der Waals surface area contributed by atoms with Crippen LogP contribution < -0.4 is 20.1 Å². The number of aromatic nitrogens is 5. The highest BCUT2D eigenvalue weighted by atomic mass is 32.2. The summed E-state index contributed by atoms with van der Waals surface area (Å²) >= 11 is 1.35. The van der Waals surface area contributed by atoms with Gasteiger partial charge in [0.25, 0.3) is 0 Å². The lowest BCUT2D eigenvalue weighted by Crippen LogP contribution is -2.05. The van der Waals surface area contributed by atoms with Crippen molar-refractivity contribution >= 4 is 35.0 Å². The number of nitrogens with zero attached hydrogens (tertiary/aromatic N) is 5. The number of benzene rings is 2. The first-order chi connectivity index (χ1) is 15.1. The Morgan fingerprint density at radius 2 is 1.29 bits per heavy atom. The van der Waals surface area contributed by atoms with Crippen LogP contribution in [0.3, 0.4) is 0 Å². The highest BCUT2D eigenvalue weighted by molar-refractivity contribution is 7.99. The summed E-state index contributed by atoms with van der Waals surface area (Å²) in [6.45, 7) is 0. The number of ether oxygens (including phenoxy) is 2. The van der Waals surface area contributed by atoms with Gasteiger partial charge in [-0.1, -0.05) is 0 Å². The summed E-state index contributed by atoms with van der Waals surface area (Å²) in [6.07, 6.45) is 3.60. The van der Waals surface area contributed by atoms with E-state index in [2.05, 4.69) is 30.6 Å². The molecule has 0 aliphatic carbocycles. The molecule has 2 heterocycles. The fraction of sp³-hybridized carbons (Fsp3) is 0.143. The Morgan fingerprint density at radius 1 is 0.774 bits per heavy atom. The molecular weight excluding hydrogens is 414 g/mol. The Labute approximate surface area is 183 Å². The molecule has 0 bridgehead atoms. The first kappa shape index (κ1) is 20.5. The molecule has 0 radical (unpaired) electrons. The van der Waals surface area contributed by atoms with Crippen LogP contribution in [0.15, 0.2) is 71.2 Å². The van der Waals surface area contributed by atoms with Crippen molar-refractivity contribution in [3.63, 3.8) is 0 Å². The van der Waals surface area contributed by atoms with Crippen molar-refractivity contribution in [2.24, 2.45) is 7.05 Å². The van der Waals surface area contributed by atoms with E-state index in [0.29, 0.717) is 17.1 Å². The van der Waals surface area contributed by atoms with Crippen molar-refractivity contribution in [1.29, 1.82) is 0 Å². The molecule has 0 amide bonds. The summed E-state index contributed by atoms with van der Waals surface area (Å²) in [5.41, 5.74) is 1.66. The second-order valence-corrected chi connectivity index (χ2v) is 7.33. The van der Waals surface area contributed by atoms with Crippen molar-refractivity contribution in [2.45, 2.75) is 10.3 Å². The molecular formula is C21H21N7O2S. The molecule has 31 heavy (non-hydrogen) atoms. The van der Waals surface area contributed by atoms with E-state index in [-0.39, 0.29) is 0 Å². The number of rotatable bonds is 8. The normalized spacial score (nSPS) is 10.5. The van der Waals surface area contributed by atoms with Crippen molar-refractivity contribution in [1.82, 2.24) is 24.5 Å². The van der Waals surface area contributed by atoms with E-state index in [0.717, 1.165) is 28.0 Å². The van der Waals surface area contributed by atoms with Gasteiger partial charge in [-0.25, -0.2) is 4.98 Å². The van der Waals surface area contributed by atoms with Gasteiger partial charge in [0, 0.05) is 30.8 Å². The maximum atomic E-state index is 5.21. The van der Waals surface area contributed by atoms with Crippen LogP contribution in [0.2, 0.25) is 0 Å². The Bertz CT molecular complexity index is 1080. The molecule has 0 aliphatic rings. The third-order valence-corrected chi connectivity index (χ3v) is 5.21. The average Bonchev–Trinajstić information content (AvgIpc) is 3.19. The van der Waals surface area contributed by atoms with E-state index < -0.39 is 0 Å². The van der Waals surface area contributed by atoms with Crippen LogP contribution in [0.25, 0.3) is 0 Å². The van der Waals surface area contributed by atoms with E-state index in [1.165, 1.54) is 11.8 Å². The second-order valence-electron chi connectivity index (χ2n) is 6.39. The number of hydrogen-bond acceptors (Lipinski definition) is 9. The third-order valence-electron chi connectivity index (χ3n) is 4.27. The zero-order chi connectivity index (χ0) is 21.6. The lowest BCUT2D eigenvalue weighted by Gasteiger charge is -2.11. The molecule has 0 saturated carbocycles. The van der Waals surface area contributed by atoms with Gasteiger partial charge in [-0.15, -0.1) is 0 Å². The van der Waals surface area contributed by atoms with Crippen LogP contribution in [-0.2, 0) is 7.05 Å². The minimum Gasteiger partial charge on any atom is -0.497 e. The summed E-state index contributed by atoms with van der Waals surface area (Å²) < 4.78 is 12.3. The lowest BCUT2D eigenvalue weighted by molar-refractivity contribution is 0.415. The van der Waals surface area contributed by atoms with Gasteiger partial charge in [-0.2, -0.15) is 15.0 Å². The minimum absolute atomic E-state index is 0.410. The van der Waals surface area contributed by atoms with E-state index in [9.17, 15) is 0 Å². The van der Waals surface area contributed by atoms with Crippen molar-refractivity contribution < 1.29 is 9.47 Å². The second kappa shape index (κ2) is 9.35. The molecule has 0 unspecified atom stereocenters. The zero-order valence-electron chi connectivity index (χ0n) is 17.2. The van der Waals surface area contributed by atoms with Crippen LogP contribution in [0.1, 0.15) is 0 Å². The van der Waals surface area contributed by atoms with Crippen LogP contribution in [0, 0.1) is 0 Å². The van der Waals surface area contributed by atoms with E-state index >= 15 is 0 Å². The molecule has 2 aromatic heterocycles. The Balaban J connectivity index is 1.62. The molecule has 0 saturated heterocycles. The maximum absolute atomic E-state index is 5.21. The molecule has 0 fully saturated rings. The smallest absolute Gasteiger partial charge is 0.233 e. The molecule has 0 spiro atoms. The predicted octanol–water partition coefficient (Wildman–Crippen LogP) is 4.26. The quantitative estimate of drug-likeness (QED) is 0.420. The topological polar surface area (TPSA) is 99.0 Å². The Kier molecular flexibility index (Phi) is 6.18. The molecule has 2 aromatic carbocycles. The molecule has 158 valence electrons. The summed E-state index contributed by atoms with van der Waals surface area (Å²) in [5, 5.41) is 7.72. The fourth-order valence-electron chi connectivity index (χ4n) is 2.65. The molecule has 2 N–H and O–H groups in total. The predicted molar refractivity (Wildman–Crippen MR) is 120 cm³/mol. The maximum Gasteiger partial charge on any atom is 0.233 e. The molecule has 10 heteroatoms. The van der Waals surface area contributed by atoms with Gasteiger partial charge in [0.2, 0.25) is 17.1 Å². The molecule has 0 atom stereocenters. The highest BCUT2D eigenvalue weighted by Crippen LogP contribution is 2.27. The minimum atomic E-state index is 0.410. The van der Waals surface area contributed by atoms with E-state index in [1.807, 2.05) is 66.3 Å². The number of hydrogen-bond donors (Lipinski definition) is 2. The van der Waals surface area contributed by atoms with Gasteiger partial charge in [-0.3, -0.25) is 0 Å². The van der Waals surface area contributed by atoms with Crippen molar-refractivity contribution in [3.05, 3.63) is 60.9 Å². The van der Waals surface area contributed by atoms with Gasteiger partial charge in [0.05, 0.1) is 14.2 Å². The summed E-state index contributed by atoms with van der Waals surface area (Å²) in [4.78, 5) is 17.9. The van der Waals surface area contributed by atoms with Crippen molar-refractivity contribution in [3.8, 4) is 11.5 Å². The van der Waals surface area contributed by atoms with Crippen LogP contribution in [0.5, 0.6) is 11.5 Å². The van der Waals surface area contributed by atoms with Crippen LogP contribution in [0.4, 0.5) is 23.3 Å². The first-order valence-electron chi connectivity index (χ1n) is 9.36. The summed E-state index contributed by atoms with van der Waals surface area (Å²) in [5.74, 6) is 2.36. The monoisotopic (exact) mass is 435 g/mol. The number of nitrogens with one attached hydrogen (secondary N) is 2. The molecule has 4 aromatic rings. The van der Waals surface area contributed by atoms with Gasteiger partial charge in [-0.05, 0) is 60.3 Å². The SMILES string of the molecule is COc1ccc(Nc2nc(Nc3ccc(OC)cc3)nc(Sc3nccn3C)n2)cc1. The largest absolute Gasteiger partial charge is 0.497 e. The molecule has 0 aliphatic heterocycles. The van der Waals surface area contributed by atoms with Gasteiger partial charge >= 0.3 is 0 Å². The standard InChI is InChI=1S/C21H21N7O2S/c1-28-13-12-22-21(28)31-20-26-18(23-14-4-8-16(29-2)9-5-14)25-19(27-20)24-15-6-10-17(30-3)11-7-15/h4-13H,1-3H3,(H2,23,24,25,26,27). The van der Waals surface area contributed by atoms with Crippen LogP contribution in [-0.4, -0.2) is 38.7 Å². The zero-order valence-corrected chi connectivity index (χ0v) is 18.1. The van der Waals surface area contributed by atoms with E-state index in [4.69, 9.17) is 9.47 Å². The van der Waals surface area contributed by atoms with E-state index in [1.54, 1.807) is 20.4 Å². The molecule has 9 nitrogen and oxygen atoms in total. The first-order valence-corrected chi connectivity index (χ1v) is 10.2. The summed E-state index contributed by atoms with van der Waals surface area (Å²) in [7, 11) is 5.18. The van der Waals surface area contributed by atoms with Gasteiger partial charge in [0.15, 0.2) is 5.16 Å². The lowest BCUT2D eigenvalue weighted by atomic mass is 10.3. The highest BCUT2D eigenvalue weighted by Gasteiger charge is 2.12. The number of methoxy groups -OCH3 is 2. The molecule has 4 rings (SSSR count). The Morgan fingerprint density at radius 3 is 1.71 bits per heavy atom. The van der Waals surface area contributed by atoms with Crippen LogP contribution >= 0.6 is 11.8 Å². The van der Waals surface area contributed by atoms with Gasteiger partial charge < -0.3 is 24.7 Å². The Hall–Kier alpha value is -3.79. The number of imidazole rings is 1. The van der Waals surface area contributed by atoms with Crippen molar-refractivity contribution in [2.75, 3.05) is 24.9 Å². The number of aryl methyl sites for hydroxylation is 1.